The lowest BCUT2D eigenvalue weighted by molar-refractivity contribution is -0.156. The van der Waals surface area contributed by atoms with E-state index in [9.17, 15) is 4.79 Å². The molecule has 0 aromatic carbocycles. The Labute approximate surface area is 91.2 Å². The molecule has 0 aliphatic rings. The van der Waals surface area contributed by atoms with Gasteiger partial charge in [-0.3, -0.25) is 4.79 Å². The summed E-state index contributed by atoms with van der Waals surface area (Å²) in [4.78, 5) is 11.0. The zero-order valence-corrected chi connectivity index (χ0v) is 9.71. The molecule has 0 amide bonds. The highest BCUT2D eigenvalue weighted by molar-refractivity contribution is 5.85. The summed E-state index contributed by atoms with van der Waals surface area (Å²) < 4.78 is 4.95. The number of carbonyl (C=O) groups is 1. The molecule has 1 atom stereocenters. The van der Waals surface area contributed by atoms with E-state index in [2.05, 4.69) is 0 Å². The van der Waals surface area contributed by atoms with E-state index in [0.717, 1.165) is 0 Å². The van der Waals surface area contributed by atoms with Gasteiger partial charge in [0.2, 0.25) is 0 Å². The molecule has 0 saturated heterocycles. The Morgan fingerprint density at radius 2 is 1.77 bits per heavy atom. The van der Waals surface area contributed by atoms with Gasteiger partial charge in [0.25, 0.3) is 0 Å². The average Bonchev–Trinajstić information content (AvgIpc) is 1.82. The van der Waals surface area contributed by atoms with Crippen molar-refractivity contribution in [1.29, 1.82) is 0 Å². The molecule has 0 rings (SSSR count). The second-order valence-electron chi connectivity index (χ2n) is 3.38. The molecule has 0 aromatic heterocycles. The van der Waals surface area contributed by atoms with Crippen molar-refractivity contribution < 1.29 is 9.53 Å². The van der Waals surface area contributed by atoms with Crippen LogP contribution >= 0.6 is 24.8 Å². The monoisotopic (exact) mass is 232 g/mol. The van der Waals surface area contributed by atoms with Crippen molar-refractivity contribution in [2.75, 3.05) is 6.54 Å². The molecule has 13 heavy (non-hydrogen) atoms. The maximum atomic E-state index is 11.0. The molecule has 6 heteroatoms. The third kappa shape index (κ3) is 9.89. The molecule has 82 valence electrons. The van der Waals surface area contributed by atoms with E-state index < -0.39 is 17.6 Å². The molecule has 0 radical (unpaired) electrons. The Kier molecular flexibility index (Phi) is 10.6. The third-order valence-corrected chi connectivity index (χ3v) is 0.963. The van der Waals surface area contributed by atoms with Crippen LogP contribution in [0.4, 0.5) is 0 Å². The largest absolute Gasteiger partial charge is 0.459 e. The van der Waals surface area contributed by atoms with Gasteiger partial charge < -0.3 is 16.2 Å². The van der Waals surface area contributed by atoms with E-state index >= 15 is 0 Å². The zero-order chi connectivity index (χ0) is 9.07. The van der Waals surface area contributed by atoms with E-state index in [1.165, 1.54) is 0 Å². The molecule has 0 bridgehead atoms. The average molecular weight is 233 g/mol. The molecule has 4 nitrogen and oxygen atoms in total. The quantitative estimate of drug-likeness (QED) is 0.679. The van der Waals surface area contributed by atoms with E-state index in [1.807, 2.05) is 0 Å². The van der Waals surface area contributed by atoms with E-state index in [0.29, 0.717) is 0 Å². The molecule has 0 aliphatic carbocycles. The Morgan fingerprint density at radius 3 is 2.00 bits per heavy atom. The standard InChI is InChI=1S/C7H16N2O2.2ClH/c1-7(2,3)11-6(10)5(9)4-8;;/h5H,4,8-9H2,1-3H3;2*1H. The summed E-state index contributed by atoms with van der Waals surface area (Å²) in [7, 11) is 0. The third-order valence-electron chi connectivity index (χ3n) is 0.963. The summed E-state index contributed by atoms with van der Waals surface area (Å²) >= 11 is 0. The first-order chi connectivity index (χ1) is 4.87. The number of hydrogen-bond acceptors (Lipinski definition) is 4. The number of ether oxygens (including phenoxy) is 1. The van der Waals surface area contributed by atoms with Crippen molar-refractivity contribution in [3.8, 4) is 0 Å². The van der Waals surface area contributed by atoms with Crippen molar-refractivity contribution in [3.63, 3.8) is 0 Å². The predicted molar refractivity (Wildman–Crippen MR) is 57.4 cm³/mol. The number of hydrogen-bond donors (Lipinski definition) is 2. The Hall–Kier alpha value is -0.0300. The van der Waals surface area contributed by atoms with Crippen molar-refractivity contribution in [1.82, 2.24) is 0 Å². The van der Waals surface area contributed by atoms with Gasteiger partial charge in [-0.25, -0.2) is 0 Å². The van der Waals surface area contributed by atoms with Crippen LogP contribution in [-0.2, 0) is 9.53 Å². The minimum Gasteiger partial charge on any atom is -0.459 e. The van der Waals surface area contributed by atoms with Gasteiger partial charge in [0.1, 0.15) is 11.6 Å². The maximum absolute atomic E-state index is 11.0. The topological polar surface area (TPSA) is 78.3 Å². The normalized spacial score (nSPS) is 12.1. The predicted octanol–water partition coefficient (Wildman–Crippen LogP) is 0.458. The number of halogens is 2. The van der Waals surface area contributed by atoms with Crippen molar-refractivity contribution in [2.45, 2.75) is 32.4 Å². The van der Waals surface area contributed by atoms with Crippen LogP contribution in [0.25, 0.3) is 0 Å². The molecule has 0 aliphatic heterocycles. The van der Waals surface area contributed by atoms with E-state index in [1.54, 1.807) is 20.8 Å². The molecule has 0 saturated carbocycles. The van der Waals surface area contributed by atoms with Crippen LogP contribution in [0.15, 0.2) is 0 Å². The highest BCUT2D eigenvalue weighted by Gasteiger charge is 2.20. The fourth-order valence-electron chi connectivity index (χ4n) is 0.474. The first kappa shape index (κ1) is 18.7. The molecule has 0 fully saturated rings. The summed E-state index contributed by atoms with van der Waals surface area (Å²) in [6.45, 7) is 5.48. The Bertz CT molecular complexity index is 148. The van der Waals surface area contributed by atoms with Crippen LogP contribution in [0.3, 0.4) is 0 Å². The zero-order valence-electron chi connectivity index (χ0n) is 8.07. The van der Waals surface area contributed by atoms with E-state index in [-0.39, 0.29) is 31.4 Å². The van der Waals surface area contributed by atoms with Gasteiger partial charge in [0, 0.05) is 6.54 Å². The fourth-order valence-corrected chi connectivity index (χ4v) is 0.474. The number of nitrogens with two attached hydrogens (primary N) is 2. The highest BCUT2D eigenvalue weighted by Crippen LogP contribution is 2.07. The smallest absolute Gasteiger partial charge is 0.324 e. The molecule has 0 aromatic rings. The first-order valence-electron chi connectivity index (χ1n) is 3.55. The van der Waals surface area contributed by atoms with E-state index in [4.69, 9.17) is 16.2 Å². The molecular formula is C7H18Cl2N2O2. The van der Waals surface area contributed by atoms with Gasteiger partial charge >= 0.3 is 5.97 Å². The van der Waals surface area contributed by atoms with Crippen LogP contribution in [-0.4, -0.2) is 24.2 Å². The fraction of sp³-hybridized carbons (Fsp3) is 0.857. The van der Waals surface area contributed by atoms with Gasteiger partial charge in [0.15, 0.2) is 0 Å². The lowest BCUT2D eigenvalue weighted by Crippen LogP contribution is -2.42. The first-order valence-corrected chi connectivity index (χ1v) is 3.55. The minimum absolute atomic E-state index is 0. The molecule has 0 spiro atoms. The molecule has 4 N–H and O–H groups in total. The lowest BCUT2D eigenvalue weighted by Gasteiger charge is -2.21. The summed E-state index contributed by atoms with van der Waals surface area (Å²) in [5.74, 6) is -0.444. The minimum atomic E-state index is -0.700. The molecular weight excluding hydrogens is 215 g/mol. The highest BCUT2D eigenvalue weighted by atomic mass is 35.5. The lowest BCUT2D eigenvalue weighted by atomic mass is 10.2. The van der Waals surface area contributed by atoms with Gasteiger partial charge in [-0.15, -0.1) is 24.8 Å². The number of esters is 1. The molecule has 0 heterocycles. The Balaban J connectivity index is -0.000000500. The summed E-state index contributed by atoms with van der Waals surface area (Å²) in [6, 6.07) is -0.700. The number of carbonyl (C=O) groups excluding carboxylic acids is 1. The van der Waals surface area contributed by atoms with Gasteiger partial charge in [0.05, 0.1) is 0 Å². The van der Waals surface area contributed by atoms with Crippen molar-refractivity contribution >= 4 is 30.8 Å². The second kappa shape index (κ2) is 7.38. The van der Waals surface area contributed by atoms with Crippen LogP contribution in [0.5, 0.6) is 0 Å². The Morgan fingerprint density at radius 1 is 1.38 bits per heavy atom. The number of rotatable bonds is 2. The molecule has 1 unspecified atom stereocenters. The summed E-state index contributed by atoms with van der Waals surface area (Å²) in [5, 5.41) is 0. The maximum Gasteiger partial charge on any atom is 0.324 e. The van der Waals surface area contributed by atoms with Gasteiger partial charge in [-0.1, -0.05) is 0 Å². The van der Waals surface area contributed by atoms with Gasteiger partial charge in [-0.05, 0) is 20.8 Å². The van der Waals surface area contributed by atoms with Crippen molar-refractivity contribution in [2.24, 2.45) is 11.5 Å². The SMILES string of the molecule is CC(C)(C)OC(=O)C(N)CN.Cl.Cl. The van der Waals surface area contributed by atoms with Gasteiger partial charge in [-0.2, -0.15) is 0 Å². The van der Waals surface area contributed by atoms with Crippen LogP contribution in [0, 0.1) is 0 Å². The second-order valence-corrected chi connectivity index (χ2v) is 3.38. The van der Waals surface area contributed by atoms with Crippen LogP contribution in [0.2, 0.25) is 0 Å². The van der Waals surface area contributed by atoms with Crippen LogP contribution < -0.4 is 11.5 Å². The summed E-state index contributed by atoms with van der Waals surface area (Å²) in [6.07, 6.45) is 0. The summed E-state index contributed by atoms with van der Waals surface area (Å²) in [5.41, 5.74) is 10.0. The van der Waals surface area contributed by atoms with Crippen molar-refractivity contribution in [3.05, 3.63) is 0 Å². The van der Waals surface area contributed by atoms with Crippen LogP contribution in [0.1, 0.15) is 20.8 Å².